The van der Waals surface area contributed by atoms with Gasteiger partial charge >= 0.3 is 5.97 Å². The Balaban J connectivity index is 1.55. The number of benzene rings is 4. The van der Waals surface area contributed by atoms with Crippen molar-refractivity contribution in [3.8, 4) is 22.5 Å². The summed E-state index contributed by atoms with van der Waals surface area (Å²) in [6.07, 6.45) is 4.84. The lowest BCUT2D eigenvalue weighted by Gasteiger charge is -2.26. The molecule has 3 heterocycles. The van der Waals surface area contributed by atoms with Gasteiger partial charge < -0.3 is 9.64 Å². The number of hydrogen-bond donors (Lipinski definition) is 0. The summed E-state index contributed by atoms with van der Waals surface area (Å²) >= 11 is 0. The third-order valence-electron chi connectivity index (χ3n) is 8.43. The van der Waals surface area contributed by atoms with Crippen molar-refractivity contribution >= 4 is 32.7 Å². The van der Waals surface area contributed by atoms with Gasteiger partial charge in [0.15, 0.2) is 5.82 Å². The highest BCUT2D eigenvalue weighted by atomic mass is 32.2. The molecule has 50 heavy (non-hydrogen) atoms. The largest absolute Gasteiger partial charge is 0.465 e. The summed E-state index contributed by atoms with van der Waals surface area (Å²) in [5.41, 5.74) is 5.55. The van der Waals surface area contributed by atoms with Crippen LogP contribution in [0.15, 0.2) is 145 Å². The van der Waals surface area contributed by atoms with Gasteiger partial charge in [-0.3, -0.25) is 9.97 Å². The van der Waals surface area contributed by atoms with Crippen molar-refractivity contribution in [3.63, 3.8) is 0 Å². The lowest BCUT2D eigenvalue weighted by atomic mass is 10.1. The maximum Gasteiger partial charge on any atom is 0.340 e. The number of aryl methyl sites for hydroxylation is 1. The number of anilines is 1. The molecule has 0 saturated carbocycles. The van der Waals surface area contributed by atoms with Crippen molar-refractivity contribution in [3.05, 3.63) is 162 Å². The second kappa shape index (κ2) is 13.8. The summed E-state index contributed by atoms with van der Waals surface area (Å²) in [6.45, 7) is 2.70. The predicted octanol–water partition coefficient (Wildman–Crippen LogP) is 7.70. The Hall–Kier alpha value is -6.13. The maximum absolute atomic E-state index is 14.9. The molecule has 9 nitrogen and oxygen atoms in total. The first-order valence-electron chi connectivity index (χ1n) is 16.0. The van der Waals surface area contributed by atoms with Crippen LogP contribution in [-0.4, -0.2) is 40.4 Å². The van der Waals surface area contributed by atoms with Gasteiger partial charge in [0, 0.05) is 36.4 Å². The van der Waals surface area contributed by atoms with E-state index in [2.05, 4.69) is 9.97 Å². The first-order chi connectivity index (χ1) is 24.3. The second-order valence-electron chi connectivity index (χ2n) is 11.8. The van der Waals surface area contributed by atoms with E-state index in [1.165, 1.54) is 17.3 Å². The van der Waals surface area contributed by atoms with Crippen LogP contribution in [0, 0.1) is 6.92 Å². The average molecular weight is 680 g/mol. The smallest absolute Gasteiger partial charge is 0.340 e. The SMILES string of the molecule is COC(=O)c1cnc(N(Cc2ccccc2)Cc2ccccc2)c2c1cc(-c1cccc(-c3cnc(C)cn3)c1)n2S(=O)(=O)c1ccccc1. The molecule has 0 N–H and O–H groups in total. The van der Waals surface area contributed by atoms with Crippen LogP contribution in [0.5, 0.6) is 0 Å². The molecule has 0 aliphatic heterocycles. The number of ether oxygens (including phenoxy) is 1. The molecule has 0 saturated heterocycles. The quantitative estimate of drug-likeness (QED) is 0.135. The Morgan fingerprint density at radius 3 is 1.94 bits per heavy atom. The van der Waals surface area contributed by atoms with E-state index in [1.54, 1.807) is 48.8 Å². The summed E-state index contributed by atoms with van der Waals surface area (Å²) in [5, 5.41) is 0.392. The topological polar surface area (TPSA) is 107 Å². The minimum Gasteiger partial charge on any atom is -0.465 e. The Bertz CT molecular complexity index is 2360. The fraction of sp³-hybridized carbons (Fsp3) is 0.100. The standard InChI is InChI=1S/C40H33N5O4S/c1-28-23-42-36(25-41-28)31-17-12-18-32(21-31)37-22-34-35(40(46)49-2)24-43-39(38(34)45(37)50(47,48)33-19-10-5-11-20-33)44(26-29-13-6-3-7-14-29)27-30-15-8-4-9-16-30/h3-25H,26-27H2,1-2H3. The summed E-state index contributed by atoms with van der Waals surface area (Å²) < 4.78 is 36.3. The predicted molar refractivity (Wildman–Crippen MR) is 194 cm³/mol. The summed E-state index contributed by atoms with van der Waals surface area (Å²) in [5.74, 6) is -0.233. The van der Waals surface area contributed by atoms with Crippen LogP contribution in [0.4, 0.5) is 5.82 Å². The number of carbonyl (C=O) groups is 1. The molecule has 0 aliphatic rings. The fourth-order valence-electron chi connectivity index (χ4n) is 6.01. The molecule has 0 radical (unpaired) electrons. The van der Waals surface area contributed by atoms with Crippen LogP contribution >= 0.6 is 0 Å². The van der Waals surface area contributed by atoms with Gasteiger partial charge in [0.2, 0.25) is 0 Å². The lowest BCUT2D eigenvalue weighted by Crippen LogP contribution is -2.25. The first kappa shape index (κ1) is 32.4. The highest BCUT2D eigenvalue weighted by Crippen LogP contribution is 2.39. The monoisotopic (exact) mass is 679 g/mol. The molecule has 4 aromatic carbocycles. The van der Waals surface area contributed by atoms with E-state index in [1.807, 2.05) is 96.8 Å². The number of nitrogens with zero attached hydrogens (tertiary/aromatic N) is 5. The zero-order chi connectivity index (χ0) is 34.7. The number of methoxy groups -OCH3 is 1. The Morgan fingerprint density at radius 2 is 1.34 bits per heavy atom. The third-order valence-corrected chi connectivity index (χ3v) is 10.2. The number of hydrogen-bond acceptors (Lipinski definition) is 8. The van der Waals surface area contributed by atoms with E-state index in [4.69, 9.17) is 9.72 Å². The van der Waals surface area contributed by atoms with Crippen LogP contribution in [0.1, 0.15) is 27.2 Å². The van der Waals surface area contributed by atoms with Crippen molar-refractivity contribution in [2.75, 3.05) is 12.0 Å². The van der Waals surface area contributed by atoms with Crippen molar-refractivity contribution < 1.29 is 17.9 Å². The Labute approximate surface area is 290 Å². The molecule has 0 amide bonds. The molecule has 7 rings (SSSR count). The summed E-state index contributed by atoms with van der Waals surface area (Å²) in [7, 11) is -2.97. The number of esters is 1. The highest BCUT2D eigenvalue weighted by Gasteiger charge is 2.30. The third kappa shape index (κ3) is 6.36. The molecular weight excluding hydrogens is 647 g/mol. The van der Waals surface area contributed by atoms with E-state index in [0.29, 0.717) is 41.2 Å². The van der Waals surface area contributed by atoms with E-state index >= 15 is 0 Å². The van der Waals surface area contributed by atoms with Crippen LogP contribution in [0.2, 0.25) is 0 Å². The molecular formula is C40H33N5O4S. The van der Waals surface area contributed by atoms with Gasteiger partial charge in [0.05, 0.1) is 40.8 Å². The van der Waals surface area contributed by atoms with Gasteiger partial charge in [-0.1, -0.05) is 97.1 Å². The number of pyridine rings is 1. The maximum atomic E-state index is 14.9. The zero-order valence-electron chi connectivity index (χ0n) is 27.5. The van der Waals surface area contributed by atoms with Crippen molar-refractivity contribution in [1.29, 1.82) is 0 Å². The van der Waals surface area contributed by atoms with Gasteiger partial charge in [-0.05, 0) is 47.9 Å². The lowest BCUT2D eigenvalue weighted by molar-refractivity contribution is 0.0602. The minimum absolute atomic E-state index is 0.0893. The van der Waals surface area contributed by atoms with Gasteiger partial charge in [-0.2, -0.15) is 0 Å². The molecule has 0 spiro atoms. The first-order valence-corrected chi connectivity index (χ1v) is 17.4. The molecule has 0 bridgehead atoms. The average Bonchev–Trinajstić information content (AvgIpc) is 3.57. The fourth-order valence-corrected chi connectivity index (χ4v) is 7.56. The molecule has 0 unspecified atom stereocenters. The summed E-state index contributed by atoms with van der Waals surface area (Å²) in [4.78, 5) is 29.2. The van der Waals surface area contributed by atoms with Crippen LogP contribution in [-0.2, 0) is 27.8 Å². The second-order valence-corrected chi connectivity index (χ2v) is 13.6. The highest BCUT2D eigenvalue weighted by molar-refractivity contribution is 7.90. The van der Waals surface area contributed by atoms with E-state index in [0.717, 1.165) is 22.4 Å². The van der Waals surface area contributed by atoms with Crippen LogP contribution in [0.25, 0.3) is 33.4 Å². The van der Waals surface area contributed by atoms with E-state index in [9.17, 15) is 13.2 Å². The normalized spacial score (nSPS) is 11.4. The zero-order valence-corrected chi connectivity index (χ0v) is 28.3. The number of aromatic nitrogens is 4. The van der Waals surface area contributed by atoms with Gasteiger partial charge in [0.1, 0.15) is 5.52 Å². The molecule has 7 aromatic rings. The van der Waals surface area contributed by atoms with Crippen LogP contribution in [0.3, 0.4) is 0 Å². The van der Waals surface area contributed by atoms with Gasteiger partial charge in [0.25, 0.3) is 10.0 Å². The van der Waals surface area contributed by atoms with E-state index < -0.39 is 16.0 Å². The molecule has 3 aromatic heterocycles. The van der Waals surface area contributed by atoms with Gasteiger partial charge in [-0.15, -0.1) is 0 Å². The summed E-state index contributed by atoms with van der Waals surface area (Å²) in [6, 6.07) is 37.3. The molecule has 248 valence electrons. The van der Waals surface area contributed by atoms with E-state index in [-0.39, 0.29) is 16.0 Å². The number of carbonyl (C=O) groups excluding carboxylic acids is 1. The molecule has 10 heteroatoms. The van der Waals surface area contributed by atoms with Gasteiger partial charge in [-0.25, -0.2) is 22.2 Å². The number of fused-ring (bicyclic) bond motifs is 1. The van der Waals surface area contributed by atoms with Crippen molar-refractivity contribution in [2.24, 2.45) is 0 Å². The Morgan fingerprint density at radius 1 is 0.720 bits per heavy atom. The van der Waals surface area contributed by atoms with Crippen LogP contribution < -0.4 is 4.90 Å². The van der Waals surface area contributed by atoms with Crippen molar-refractivity contribution in [1.82, 2.24) is 18.9 Å². The Kier molecular flexibility index (Phi) is 8.93. The number of rotatable bonds is 10. The molecule has 0 aliphatic carbocycles. The van der Waals surface area contributed by atoms with Crippen molar-refractivity contribution in [2.45, 2.75) is 24.9 Å². The molecule has 0 fully saturated rings. The molecule has 0 atom stereocenters. The minimum atomic E-state index is -4.27.